The van der Waals surface area contributed by atoms with Gasteiger partial charge in [-0.25, -0.2) is 19.2 Å². The molecular weight excluding hydrogens is 400 g/mol. The third-order valence-corrected chi connectivity index (χ3v) is 3.54. The van der Waals surface area contributed by atoms with Gasteiger partial charge < -0.3 is 19.3 Å². The summed E-state index contributed by atoms with van der Waals surface area (Å²) in [6, 6.07) is 0. The van der Waals surface area contributed by atoms with Gasteiger partial charge in [-0.05, 0) is 20.8 Å². The van der Waals surface area contributed by atoms with Gasteiger partial charge in [0.15, 0.2) is 11.4 Å². The molecule has 0 aliphatic heterocycles. The minimum absolute atomic E-state index is 0.0261. The number of ether oxygens (including phenoxy) is 3. The molecule has 2 aromatic heterocycles. The second-order valence-electron chi connectivity index (χ2n) is 5.53. The molecule has 0 bridgehead atoms. The molecule has 0 atom stereocenters. The van der Waals surface area contributed by atoms with Crippen molar-refractivity contribution in [2.75, 3.05) is 19.8 Å². The zero-order valence-corrected chi connectivity index (χ0v) is 17.4. The number of aromatic nitrogens is 4. The summed E-state index contributed by atoms with van der Waals surface area (Å²) in [5, 5.41) is 16.3. The van der Waals surface area contributed by atoms with Crippen molar-refractivity contribution < 1.29 is 38.5 Å². The Bertz CT molecular complexity index is 915. The number of rotatable bonds is 7. The minimum atomic E-state index is -1.20. The van der Waals surface area contributed by atoms with Crippen molar-refractivity contribution in [2.45, 2.75) is 20.8 Å². The van der Waals surface area contributed by atoms with Crippen LogP contribution >= 0.6 is 0 Å². The molecule has 0 aromatic carbocycles. The van der Waals surface area contributed by atoms with Crippen LogP contribution in [0.25, 0.3) is 0 Å². The Morgan fingerprint density at radius 2 is 1.13 bits per heavy atom. The Morgan fingerprint density at radius 3 is 1.53 bits per heavy atom. The average Bonchev–Trinajstić information content (AvgIpc) is 3.26. The molecule has 0 aliphatic rings. The Hall–Kier alpha value is -3.70. The molecule has 1 N–H and O–H groups in total. The molecule has 164 valence electrons. The zero-order valence-electron chi connectivity index (χ0n) is 17.4. The third kappa shape index (κ3) is 5.90. The molecule has 2 rings (SSSR count). The predicted octanol–water partition coefficient (Wildman–Crippen LogP) is 1.07. The maximum atomic E-state index is 11.6. The lowest BCUT2D eigenvalue weighted by atomic mass is 10.2. The minimum Gasteiger partial charge on any atom is -0.477 e. The van der Waals surface area contributed by atoms with Gasteiger partial charge in [0.2, 0.25) is 0 Å². The van der Waals surface area contributed by atoms with E-state index in [4.69, 9.17) is 14.6 Å². The fourth-order valence-electron chi connectivity index (χ4n) is 2.29. The monoisotopic (exact) mass is 424 g/mol. The molecule has 12 nitrogen and oxygen atoms in total. The molecule has 0 saturated carbocycles. The van der Waals surface area contributed by atoms with Gasteiger partial charge in [0.05, 0.1) is 32.2 Å². The molecule has 2 aromatic rings. The molecule has 0 amide bonds. The number of carbonyl (C=O) groups excluding carboxylic acids is 3. The lowest BCUT2D eigenvalue weighted by Crippen LogP contribution is -2.16. The zero-order chi connectivity index (χ0) is 22.8. The lowest BCUT2D eigenvalue weighted by Gasteiger charge is -2.04. The van der Waals surface area contributed by atoms with Gasteiger partial charge in [-0.2, -0.15) is 10.2 Å². The summed E-state index contributed by atoms with van der Waals surface area (Å²) >= 11 is 0. The van der Waals surface area contributed by atoms with Crippen LogP contribution in [0.3, 0.4) is 0 Å². The lowest BCUT2D eigenvalue weighted by molar-refractivity contribution is 0.0471. The predicted molar refractivity (Wildman–Crippen MR) is 101 cm³/mol. The van der Waals surface area contributed by atoms with E-state index in [1.165, 1.54) is 24.1 Å². The van der Waals surface area contributed by atoms with Gasteiger partial charge in [0, 0.05) is 14.1 Å². The molecule has 0 aliphatic carbocycles. The molecule has 0 spiro atoms. The van der Waals surface area contributed by atoms with Crippen LogP contribution in [-0.2, 0) is 28.3 Å². The summed E-state index contributed by atoms with van der Waals surface area (Å²) in [5.41, 5.74) is 0.0494. The second-order valence-corrected chi connectivity index (χ2v) is 5.53. The van der Waals surface area contributed by atoms with Gasteiger partial charge in [0.1, 0.15) is 11.1 Å². The fraction of sp³-hybridized carbons (Fsp3) is 0.444. The summed E-state index contributed by atoms with van der Waals surface area (Å²) in [4.78, 5) is 45.1. The van der Waals surface area contributed by atoms with Crippen LogP contribution in [0, 0.1) is 0 Å². The number of hydrogen-bond donors (Lipinski definition) is 1. The summed E-state index contributed by atoms with van der Waals surface area (Å²) in [6.07, 6.45) is 2.48. The van der Waals surface area contributed by atoms with Crippen LogP contribution in [0.15, 0.2) is 12.4 Å². The fourth-order valence-corrected chi connectivity index (χ4v) is 2.29. The maximum absolute atomic E-state index is 11.6. The summed E-state index contributed by atoms with van der Waals surface area (Å²) in [6.45, 7) is 5.72. The number of aromatic carboxylic acids is 1. The number of nitrogens with zero attached hydrogens (tertiary/aromatic N) is 4. The molecule has 30 heavy (non-hydrogen) atoms. The van der Waals surface area contributed by atoms with Gasteiger partial charge in [-0.1, -0.05) is 0 Å². The highest BCUT2D eigenvalue weighted by Crippen LogP contribution is 2.11. The maximum Gasteiger partial charge on any atom is 0.357 e. The van der Waals surface area contributed by atoms with Gasteiger partial charge in [-0.3, -0.25) is 9.36 Å². The third-order valence-electron chi connectivity index (χ3n) is 3.54. The number of carbonyl (C=O) groups is 4. The molecule has 2 heterocycles. The summed E-state index contributed by atoms with van der Waals surface area (Å²) in [7, 11) is 3.02. The van der Waals surface area contributed by atoms with Crippen molar-refractivity contribution in [1.29, 1.82) is 0 Å². The van der Waals surface area contributed by atoms with E-state index < -0.39 is 23.9 Å². The van der Waals surface area contributed by atoms with Crippen molar-refractivity contribution in [2.24, 2.45) is 14.1 Å². The first-order valence-corrected chi connectivity index (χ1v) is 8.98. The number of hydrogen-bond acceptors (Lipinski definition) is 9. The standard InChI is InChI=1S/C10H14N2O4.C8H10N2O4/c1-4-15-9(13)7-6-11-12(3)8(7)10(14)16-5-2;1-3-14-8(13)5-4-9-10(2)6(5)7(11)12/h6H,4-5H2,1-3H3;4H,3H2,1-2H3,(H,11,12). The van der Waals surface area contributed by atoms with Crippen molar-refractivity contribution in [3.63, 3.8) is 0 Å². The summed E-state index contributed by atoms with van der Waals surface area (Å²) < 4.78 is 16.7. The van der Waals surface area contributed by atoms with Crippen LogP contribution in [-0.4, -0.2) is 68.4 Å². The first kappa shape index (κ1) is 24.3. The SMILES string of the molecule is CCOC(=O)c1cnn(C)c1C(=O)O.CCOC(=O)c1cnn(C)c1C(=O)OCC. The normalized spacial score (nSPS) is 9.90. The van der Waals surface area contributed by atoms with Crippen LogP contribution in [0.4, 0.5) is 0 Å². The topological polar surface area (TPSA) is 152 Å². The first-order valence-electron chi connectivity index (χ1n) is 8.98. The van der Waals surface area contributed by atoms with E-state index >= 15 is 0 Å². The van der Waals surface area contributed by atoms with E-state index in [2.05, 4.69) is 14.9 Å². The number of esters is 3. The van der Waals surface area contributed by atoms with Crippen molar-refractivity contribution in [3.8, 4) is 0 Å². The molecule has 12 heteroatoms. The van der Waals surface area contributed by atoms with Crippen LogP contribution < -0.4 is 0 Å². The largest absolute Gasteiger partial charge is 0.477 e. The molecule has 0 saturated heterocycles. The highest BCUT2D eigenvalue weighted by Gasteiger charge is 2.24. The van der Waals surface area contributed by atoms with Gasteiger partial charge >= 0.3 is 23.9 Å². The van der Waals surface area contributed by atoms with Gasteiger partial charge in [-0.15, -0.1) is 0 Å². The smallest absolute Gasteiger partial charge is 0.357 e. The van der Waals surface area contributed by atoms with E-state index in [-0.39, 0.29) is 42.3 Å². The van der Waals surface area contributed by atoms with Crippen LogP contribution in [0.5, 0.6) is 0 Å². The Kier molecular flexibility index (Phi) is 9.20. The Morgan fingerprint density at radius 1 is 0.767 bits per heavy atom. The number of carboxylic acids is 1. The van der Waals surface area contributed by atoms with E-state index in [0.29, 0.717) is 0 Å². The molecular formula is C18H24N4O8. The summed E-state index contributed by atoms with van der Waals surface area (Å²) in [5.74, 6) is -3.02. The van der Waals surface area contributed by atoms with Crippen LogP contribution in [0.1, 0.15) is 62.5 Å². The second kappa shape index (κ2) is 11.3. The molecule has 0 radical (unpaired) electrons. The first-order chi connectivity index (χ1) is 14.2. The van der Waals surface area contributed by atoms with E-state index in [1.807, 2.05) is 0 Å². The molecule has 0 fully saturated rings. The van der Waals surface area contributed by atoms with Crippen molar-refractivity contribution >= 4 is 23.9 Å². The van der Waals surface area contributed by atoms with Crippen molar-refractivity contribution in [3.05, 3.63) is 34.9 Å². The molecule has 0 unspecified atom stereocenters. The Labute approximate surface area is 172 Å². The van der Waals surface area contributed by atoms with Gasteiger partial charge in [0.25, 0.3) is 0 Å². The average molecular weight is 424 g/mol. The van der Waals surface area contributed by atoms with Crippen LogP contribution in [0.2, 0.25) is 0 Å². The van der Waals surface area contributed by atoms with E-state index in [1.54, 1.807) is 27.8 Å². The highest BCUT2D eigenvalue weighted by atomic mass is 16.5. The van der Waals surface area contributed by atoms with E-state index in [0.717, 1.165) is 4.68 Å². The van der Waals surface area contributed by atoms with Crippen molar-refractivity contribution in [1.82, 2.24) is 19.6 Å². The number of aryl methyl sites for hydroxylation is 2. The quantitative estimate of drug-likeness (QED) is 0.504. The van der Waals surface area contributed by atoms with E-state index in [9.17, 15) is 19.2 Å². The number of carboxylic acid groups (broad SMARTS) is 1. The highest BCUT2D eigenvalue weighted by molar-refractivity contribution is 6.02. The Balaban J connectivity index is 0.000000303.